The highest BCUT2D eigenvalue weighted by Crippen LogP contribution is 2.18. The Labute approximate surface area is 205 Å². The van der Waals surface area contributed by atoms with Crippen LogP contribution in [0.15, 0.2) is 41.5 Å². The molecule has 174 valence electrons. The highest BCUT2D eigenvalue weighted by molar-refractivity contribution is 14.0. The van der Waals surface area contributed by atoms with Crippen LogP contribution in [0, 0.1) is 5.82 Å². The monoisotopic (exact) mass is 555 g/mol. The summed E-state index contributed by atoms with van der Waals surface area (Å²) < 4.78 is 14.8. The topological polar surface area (TPSA) is 77.8 Å². The fraction of sp³-hybridized carbons (Fsp3) is 0.500. The molecule has 1 amide bonds. The Bertz CT molecular complexity index is 905. The van der Waals surface area contributed by atoms with Crippen molar-refractivity contribution in [2.75, 3.05) is 46.3 Å². The summed E-state index contributed by atoms with van der Waals surface area (Å²) in [5.41, 5.74) is 1.79. The van der Waals surface area contributed by atoms with Gasteiger partial charge in [0.1, 0.15) is 5.82 Å². The van der Waals surface area contributed by atoms with E-state index in [1.807, 2.05) is 12.3 Å². The fourth-order valence-electron chi connectivity index (χ4n) is 3.69. The minimum Gasteiger partial charge on any atom is -0.356 e. The average molecular weight is 555 g/mol. The van der Waals surface area contributed by atoms with E-state index in [2.05, 4.69) is 30.5 Å². The van der Waals surface area contributed by atoms with Crippen molar-refractivity contribution in [3.63, 3.8) is 0 Å². The van der Waals surface area contributed by atoms with Crippen molar-refractivity contribution in [2.24, 2.45) is 4.99 Å². The van der Waals surface area contributed by atoms with Crippen molar-refractivity contribution in [2.45, 2.75) is 25.3 Å². The van der Waals surface area contributed by atoms with E-state index in [-0.39, 0.29) is 35.7 Å². The molecule has 2 fully saturated rings. The standard InChI is InChI=1S/C22H30FN7O.HI/c1-24-22(29-14-12-28(13-15-29)16-21(31)26-18-4-5-18)25-10-8-19-9-11-30(27-19)20-6-2-17(23)3-7-20;/h2-3,6-7,9,11,18H,4-5,8,10,12-16H2,1H3,(H,24,25)(H,26,31);1H. The van der Waals surface area contributed by atoms with Gasteiger partial charge in [0.25, 0.3) is 0 Å². The second-order valence-corrected chi connectivity index (χ2v) is 8.06. The molecule has 0 spiro atoms. The van der Waals surface area contributed by atoms with Crippen molar-refractivity contribution < 1.29 is 9.18 Å². The number of halogens is 2. The fourth-order valence-corrected chi connectivity index (χ4v) is 3.69. The number of aromatic nitrogens is 2. The van der Waals surface area contributed by atoms with Crippen LogP contribution in [0.5, 0.6) is 0 Å². The van der Waals surface area contributed by atoms with Gasteiger partial charge in [-0.2, -0.15) is 5.10 Å². The van der Waals surface area contributed by atoms with Gasteiger partial charge in [-0.05, 0) is 43.2 Å². The summed E-state index contributed by atoms with van der Waals surface area (Å²) in [5, 5.41) is 11.0. The van der Waals surface area contributed by atoms with Crippen molar-refractivity contribution in [1.82, 2.24) is 30.2 Å². The van der Waals surface area contributed by atoms with Crippen molar-refractivity contribution in [3.8, 4) is 5.69 Å². The van der Waals surface area contributed by atoms with Gasteiger partial charge in [0, 0.05) is 58.4 Å². The Hall–Kier alpha value is -2.21. The second-order valence-electron chi connectivity index (χ2n) is 8.06. The first kappa shape index (κ1) is 24.4. The molecule has 1 aromatic carbocycles. The van der Waals surface area contributed by atoms with Gasteiger partial charge in [-0.3, -0.25) is 14.7 Å². The number of nitrogens with zero attached hydrogens (tertiary/aromatic N) is 5. The van der Waals surface area contributed by atoms with Gasteiger partial charge in [-0.25, -0.2) is 9.07 Å². The van der Waals surface area contributed by atoms with Gasteiger partial charge in [0.2, 0.25) is 5.91 Å². The molecule has 32 heavy (non-hydrogen) atoms. The second kappa shape index (κ2) is 11.6. The molecule has 2 aliphatic rings. The molecule has 8 nitrogen and oxygen atoms in total. The molecule has 0 atom stereocenters. The third kappa shape index (κ3) is 6.89. The minimum absolute atomic E-state index is 0. The highest BCUT2D eigenvalue weighted by Gasteiger charge is 2.25. The minimum atomic E-state index is -0.255. The van der Waals surface area contributed by atoms with E-state index in [1.54, 1.807) is 23.9 Å². The lowest BCUT2D eigenvalue weighted by molar-refractivity contribution is -0.122. The molecule has 1 saturated carbocycles. The van der Waals surface area contributed by atoms with Crippen LogP contribution in [-0.4, -0.2) is 83.8 Å². The van der Waals surface area contributed by atoms with Gasteiger partial charge in [0.15, 0.2) is 5.96 Å². The lowest BCUT2D eigenvalue weighted by Gasteiger charge is -2.36. The Balaban J connectivity index is 0.00000289. The Morgan fingerprint density at radius 1 is 1.16 bits per heavy atom. The SMILES string of the molecule is CN=C(NCCc1ccn(-c2ccc(F)cc2)n1)N1CCN(CC(=O)NC2CC2)CC1.I. The van der Waals surface area contributed by atoms with Crippen LogP contribution in [-0.2, 0) is 11.2 Å². The van der Waals surface area contributed by atoms with Crippen LogP contribution in [0.2, 0.25) is 0 Å². The number of hydrogen-bond donors (Lipinski definition) is 2. The molecule has 2 N–H and O–H groups in total. The summed E-state index contributed by atoms with van der Waals surface area (Å²) >= 11 is 0. The van der Waals surface area contributed by atoms with Crippen LogP contribution in [0.3, 0.4) is 0 Å². The van der Waals surface area contributed by atoms with Crippen LogP contribution in [0.25, 0.3) is 5.69 Å². The normalized spacial score (nSPS) is 17.1. The molecule has 0 unspecified atom stereocenters. The summed E-state index contributed by atoms with van der Waals surface area (Å²) in [7, 11) is 1.79. The maximum atomic E-state index is 13.1. The number of carbonyl (C=O) groups excluding carboxylic acids is 1. The van der Waals surface area contributed by atoms with E-state index in [4.69, 9.17) is 0 Å². The quantitative estimate of drug-likeness (QED) is 0.309. The first-order valence-corrected chi connectivity index (χ1v) is 10.9. The van der Waals surface area contributed by atoms with Crippen molar-refractivity contribution >= 4 is 35.8 Å². The molecule has 1 aliphatic carbocycles. The lowest BCUT2D eigenvalue weighted by atomic mass is 10.3. The van der Waals surface area contributed by atoms with Gasteiger partial charge < -0.3 is 15.5 Å². The number of guanidine groups is 1. The number of amides is 1. The summed E-state index contributed by atoms with van der Waals surface area (Å²) in [6, 6.07) is 8.67. The lowest BCUT2D eigenvalue weighted by Crippen LogP contribution is -2.54. The maximum absolute atomic E-state index is 13.1. The van der Waals surface area contributed by atoms with Crippen LogP contribution < -0.4 is 10.6 Å². The smallest absolute Gasteiger partial charge is 0.234 e. The predicted molar refractivity (Wildman–Crippen MR) is 133 cm³/mol. The maximum Gasteiger partial charge on any atom is 0.234 e. The van der Waals surface area contributed by atoms with Gasteiger partial charge >= 0.3 is 0 Å². The van der Waals surface area contributed by atoms with Gasteiger partial charge in [-0.15, -0.1) is 24.0 Å². The number of nitrogens with one attached hydrogen (secondary N) is 2. The van der Waals surface area contributed by atoms with Gasteiger partial charge in [0.05, 0.1) is 17.9 Å². The molecule has 10 heteroatoms. The van der Waals surface area contributed by atoms with Crippen LogP contribution >= 0.6 is 24.0 Å². The third-order valence-electron chi connectivity index (χ3n) is 5.59. The third-order valence-corrected chi connectivity index (χ3v) is 5.59. The number of aliphatic imine (C=N–C) groups is 1. The van der Waals surface area contributed by atoms with E-state index in [1.165, 1.54) is 12.1 Å². The zero-order valence-corrected chi connectivity index (χ0v) is 20.7. The van der Waals surface area contributed by atoms with Crippen LogP contribution in [0.4, 0.5) is 4.39 Å². The van der Waals surface area contributed by atoms with E-state index in [9.17, 15) is 9.18 Å². The first-order chi connectivity index (χ1) is 15.1. The summed E-state index contributed by atoms with van der Waals surface area (Å²) in [5.74, 6) is 0.757. The van der Waals surface area contributed by atoms with Gasteiger partial charge in [-0.1, -0.05) is 0 Å². The molecule has 1 aromatic heterocycles. The number of rotatable bonds is 7. The molecule has 4 rings (SSSR count). The van der Waals surface area contributed by atoms with Crippen molar-refractivity contribution in [1.29, 1.82) is 0 Å². The average Bonchev–Trinajstić information content (AvgIpc) is 3.46. The predicted octanol–water partition coefficient (Wildman–Crippen LogP) is 1.64. The Kier molecular flexibility index (Phi) is 8.85. The molecule has 2 aromatic rings. The molecule has 0 bridgehead atoms. The molecular weight excluding hydrogens is 524 g/mol. The Morgan fingerprint density at radius 2 is 1.88 bits per heavy atom. The highest BCUT2D eigenvalue weighted by atomic mass is 127. The zero-order valence-electron chi connectivity index (χ0n) is 18.3. The number of benzene rings is 1. The molecule has 1 saturated heterocycles. The summed E-state index contributed by atoms with van der Waals surface area (Å²) in [6.45, 7) is 4.58. The molecule has 1 aliphatic heterocycles. The van der Waals surface area contributed by atoms with E-state index in [0.717, 1.165) is 69.3 Å². The largest absolute Gasteiger partial charge is 0.356 e. The number of hydrogen-bond acceptors (Lipinski definition) is 4. The van der Waals surface area contributed by atoms with E-state index in [0.29, 0.717) is 12.6 Å². The molecule has 2 heterocycles. The molecular formula is C22H31FIN7O. The zero-order chi connectivity index (χ0) is 21.6. The summed E-state index contributed by atoms with van der Waals surface area (Å²) in [6.07, 6.45) is 4.88. The molecule has 0 radical (unpaired) electrons. The van der Waals surface area contributed by atoms with E-state index >= 15 is 0 Å². The number of piperazine rings is 1. The summed E-state index contributed by atoms with van der Waals surface area (Å²) in [4.78, 5) is 20.8. The first-order valence-electron chi connectivity index (χ1n) is 10.9. The number of carbonyl (C=O) groups is 1. The van der Waals surface area contributed by atoms with Crippen molar-refractivity contribution in [3.05, 3.63) is 48.0 Å². The van der Waals surface area contributed by atoms with E-state index < -0.39 is 0 Å². The van der Waals surface area contributed by atoms with Crippen LogP contribution in [0.1, 0.15) is 18.5 Å². The Morgan fingerprint density at radius 3 is 2.53 bits per heavy atom.